The summed E-state index contributed by atoms with van der Waals surface area (Å²) in [5.41, 5.74) is 1.68. The van der Waals surface area contributed by atoms with Crippen molar-refractivity contribution in [2.45, 2.75) is 12.2 Å². The van der Waals surface area contributed by atoms with Gasteiger partial charge in [-0.05, 0) is 23.6 Å². The Labute approximate surface area is 120 Å². The summed E-state index contributed by atoms with van der Waals surface area (Å²) in [5.74, 6) is 2.67. The average Bonchev–Trinajstić information content (AvgIpc) is 2.93. The fourth-order valence-electron chi connectivity index (χ4n) is 2.53. The van der Waals surface area contributed by atoms with Crippen molar-refractivity contribution in [1.82, 2.24) is 19.6 Å². The number of thioether (sulfide) groups is 1. The second-order valence-electron chi connectivity index (χ2n) is 4.87. The number of hydrogen-bond donors (Lipinski definition) is 0. The highest BCUT2D eigenvalue weighted by Crippen LogP contribution is 2.29. The number of nitrogens with zero attached hydrogens (tertiary/aromatic N) is 5. The Hall–Kier alpha value is -1.54. The van der Waals surface area contributed by atoms with Gasteiger partial charge in [0.1, 0.15) is 0 Å². The Morgan fingerprint density at radius 2 is 2.05 bits per heavy atom. The fourth-order valence-corrected chi connectivity index (χ4v) is 3.51. The Morgan fingerprint density at radius 1 is 1.20 bits per heavy atom. The van der Waals surface area contributed by atoms with E-state index in [9.17, 15) is 5.11 Å². The zero-order valence-corrected chi connectivity index (χ0v) is 11.7. The van der Waals surface area contributed by atoms with E-state index in [1.165, 1.54) is 4.52 Å². The van der Waals surface area contributed by atoms with Crippen LogP contribution in [-0.2, 0) is 16.9 Å². The Balaban J connectivity index is 1.80. The summed E-state index contributed by atoms with van der Waals surface area (Å²) in [6.07, 6.45) is 0.839. The molecule has 1 saturated heterocycles. The quantitative estimate of drug-likeness (QED) is 0.721. The first-order valence-corrected chi connectivity index (χ1v) is 7.84. The summed E-state index contributed by atoms with van der Waals surface area (Å²) in [5, 5.41) is 16.8. The monoisotopic (exact) mass is 292 g/mol. The molecule has 0 radical (unpaired) electrons. The molecule has 0 spiro atoms. The highest BCUT2D eigenvalue weighted by Gasteiger charge is 2.20. The van der Waals surface area contributed by atoms with Crippen LogP contribution in [0.25, 0.3) is 5.78 Å². The zero-order chi connectivity index (χ0) is 13.5. The van der Waals surface area contributed by atoms with Crippen molar-refractivity contribution in [3.05, 3.63) is 11.3 Å². The van der Waals surface area contributed by atoms with Crippen molar-refractivity contribution in [2.24, 2.45) is 0 Å². The number of aromatic nitrogens is 4. The molecule has 4 rings (SSSR count). The van der Waals surface area contributed by atoms with Crippen LogP contribution in [0, 0.1) is 0 Å². The topological polar surface area (TPSA) is 78.6 Å². The predicted molar refractivity (Wildman–Crippen MR) is 73.1 cm³/mol. The molecular weight excluding hydrogens is 278 g/mol. The van der Waals surface area contributed by atoms with Crippen molar-refractivity contribution in [3.8, 4) is 5.88 Å². The predicted octanol–water partition coefficient (Wildman–Crippen LogP) is -0.176. The fraction of sp³-hybridized carbons (Fsp3) is 0.583. The van der Waals surface area contributed by atoms with Crippen molar-refractivity contribution in [1.29, 1.82) is 0 Å². The van der Waals surface area contributed by atoms with Gasteiger partial charge in [0.25, 0.3) is 5.78 Å². The Kier molecular flexibility index (Phi) is 2.92. The van der Waals surface area contributed by atoms with Gasteiger partial charge in [0, 0.05) is 18.8 Å². The molecular formula is C12H14N5O2S-. The number of aryl methyl sites for hydroxylation is 1. The number of hydrogen-bond acceptors (Lipinski definition) is 7. The molecule has 0 unspecified atom stereocenters. The van der Waals surface area contributed by atoms with E-state index in [4.69, 9.17) is 4.74 Å². The van der Waals surface area contributed by atoms with E-state index in [2.05, 4.69) is 15.1 Å². The zero-order valence-electron chi connectivity index (χ0n) is 10.9. The minimum atomic E-state index is -0.0655. The van der Waals surface area contributed by atoms with Crippen LogP contribution in [-0.4, -0.2) is 51.6 Å². The van der Waals surface area contributed by atoms with E-state index in [0.29, 0.717) is 24.9 Å². The van der Waals surface area contributed by atoms with Gasteiger partial charge in [0.15, 0.2) is 0 Å². The van der Waals surface area contributed by atoms with Gasteiger partial charge in [-0.2, -0.15) is 16.7 Å². The Morgan fingerprint density at radius 3 is 2.90 bits per heavy atom. The molecule has 1 fully saturated rings. The molecule has 0 saturated carbocycles. The van der Waals surface area contributed by atoms with Crippen LogP contribution in [0.3, 0.4) is 0 Å². The van der Waals surface area contributed by atoms with Gasteiger partial charge < -0.3 is 14.7 Å². The second kappa shape index (κ2) is 4.78. The molecule has 106 valence electrons. The number of rotatable bonds is 1. The summed E-state index contributed by atoms with van der Waals surface area (Å²) in [4.78, 5) is 11.0. The van der Waals surface area contributed by atoms with Crippen molar-refractivity contribution < 1.29 is 9.84 Å². The highest BCUT2D eigenvalue weighted by molar-refractivity contribution is 7.98. The lowest BCUT2D eigenvalue weighted by molar-refractivity contribution is -0.278. The van der Waals surface area contributed by atoms with Crippen molar-refractivity contribution >= 4 is 23.5 Å². The first-order valence-electron chi connectivity index (χ1n) is 6.69. The second-order valence-corrected chi connectivity index (χ2v) is 5.97. The van der Waals surface area contributed by atoms with Crippen molar-refractivity contribution in [2.75, 3.05) is 37.0 Å². The summed E-state index contributed by atoms with van der Waals surface area (Å²) < 4.78 is 6.66. The van der Waals surface area contributed by atoms with Gasteiger partial charge >= 0.3 is 0 Å². The molecule has 0 N–H and O–H groups in total. The lowest BCUT2D eigenvalue weighted by atomic mass is 10.2. The number of morpholine rings is 1. The molecule has 0 amide bonds. The largest absolute Gasteiger partial charge is 0.858 e. The summed E-state index contributed by atoms with van der Waals surface area (Å²) >= 11 is 1.77. The molecule has 2 aromatic heterocycles. The molecule has 0 atom stereocenters. The standard InChI is InChI=1S/C12H15N5O2S/c18-10-8-7-20-6-1-9(8)13-11-14-12(15-17(10)11)16-2-4-19-5-3-16/h18H,1-7H2/p-1. The van der Waals surface area contributed by atoms with Crippen LogP contribution in [0.1, 0.15) is 11.3 Å². The van der Waals surface area contributed by atoms with Crippen LogP contribution in [0.2, 0.25) is 0 Å². The van der Waals surface area contributed by atoms with Crippen LogP contribution in [0.4, 0.5) is 5.95 Å². The van der Waals surface area contributed by atoms with Gasteiger partial charge in [-0.15, -0.1) is 5.10 Å². The summed E-state index contributed by atoms with van der Waals surface area (Å²) in [7, 11) is 0. The minimum absolute atomic E-state index is 0.0655. The van der Waals surface area contributed by atoms with Gasteiger partial charge in [-0.25, -0.2) is 9.50 Å². The van der Waals surface area contributed by atoms with Gasteiger partial charge in [-0.3, -0.25) is 0 Å². The van der Waals surface area contributed by atoms with E-state index in [1.807, 2.05) is 4.90 Å². The first-order chi connectivity index (χ1) is 9.83. The summed E-state index contributed by atoms with van der Waals surface area (Å²) in [6, 6.07) is 0. The maximum Gasteiger partial charge on any atom is 0.253 e. The number of anilines is 1. The molecule has 20 heavy (non-hydrogen) atoms. The van der Waals surface area contributed by atoms with Gasteiger partial charge in [0.2, 0.25) is 5.95 Å². The number of fused-ring (bicyclic) bond motifs is 2. The van der Waals surface area contributed by atoms with Gasteiger partial charge in [0.05, 0.1) is 18.9 Å². The maximum absolute atomic E-state index is 12.4. The smallest absolute Gasteiger partial charge is 0.253 e. The Bertz CT molecular complexity index is 653. The third-order valence-electron chi connectivity index (χ3n) is 3.64. The van der Waals surface area contributed by atoms with Gasteiger partial charge in [-0.1, -0.05) is 0 Å². The molecule has 0 bridgehead atoms. The van der Waals surface area contributed by atoms with Crippen molar-refractivity contribution in [3.63, 3.8) is 0 Å². The van der Waals surface area contributed by atoms with E-state index in [1.54, 1.807) is 11.8 Å². The van der Waals surface area contributed by atoms with Crippen LogP contribution >= 0.6 is 11.8 Å². The molecule has 8 heteroatoms. The maximum atomic E-state index is 12.4. The van der Waals surface area contributed by atoms with E-state index in [-0.39, 0.29) is 5.88 Å². The lowest BCUT2D eigenvalue weighted by Crippen LogP contribution is -2.36. The molecule has 7 nitrogen and oxygen atoms in total. The molecule has 4 heterocycles. The molecule has 2 aliphatic rings. The van der Waals surface area contributed by atoms with E-state index in [0.717, 1.165) is 42.3 Å². The van der Waals surface area contributed by atoms with E-state index < -0.39 is 0 Å². The molecule has 2 aromatic rings. The van der Waals surface area contributed by atoms with E-state index >= 15 is 0 Å². The molecule has 0 aliphatic carbocycles. The van der Waals surface area contributed by atoms with Crippen LogP contribution in [0.15, 0.2) is 0 Å². The molecule has 0 aromatic carbocycles. The normalized spacial score (nSPS) is 19.3. The first kappa shape index (κ1) is 12.2. The van der Waals surface area contributed by atoms with Crippen LogP contribution < -0.4 is 10.0 Å². The SMILES string of the molecule is [O-]c1c2c(nc3nc(N4CCOCC4)nn13)CCSC2. The minimum Gasteiger partial charge on any atom is -0.858 e. The number of ether oxygens (including phenoxy) is 1. The lowest BCUT2D eigenvalue weighted by Gasteiger charge is -2.25. The summed E-state index contributed by atoms with van der Waals surface area (Å²) in [6.45, 7) is 2.84. The highest BCUT2D eigenvalue weighted by atomic mass is 32.2. The third-order valence-corrected chi connectivity index (χ3v) is 4.62. The van der Waals surface area contributed by atoms with Crippen LogP contribution in [0.5, 0.6) is 5.88 Å². The third kappa shape index (κ3) is 1.90. The average molecular weight is 292 g/mol. The molecule has 2 aliphatic heterocycles.